The number of phosphoric ester groups is 2. The fourth-order valence-corrected chi connectivity index (χ4v) is 6.61. The first-order valence-electron chi connectivity index (χ1n) is 17.5. The normalized spacial score (nSPS) is 22.5. The zero-order chi connectivity index (χ0) is 39.7. The Bertz CT molecular complexity index is 1470. The van der Waals surface area contributed by atoms with Gasteiger partial charge < -0.3 is 44.6 Å². The van der Waals surface area contributed by atoms with Crippen LogP contribution in [0.15, 0.2) is 0 Å². The van der Waals surface area contributed by atoms with Crippen molar-refractivity contribution in [3.63, 3.8) is 0 Å². The standard InChI is InChI=1S/C35H52O16P2/c1-3-5-7-9-11-12-13-14-15-16-18-20-22-24-29(37)49-27(25-47-28(36)23-21-19-17-10-8-6-4-2)26-48-53(45,46)51-35-32(40)30(38)31(39)34(33(35)41)50-52(42,43)44/h27,30-35,38-41H,3,5,7,9,11-16,18,20,22,24-26H2,1-2H3,(H,45,46)(H2,42,43,44)/t27-,30?,31-,32+,33?,34-,35?/m1/s1. The van der Waals surface area contributed by atoms with Gasteiger partial charge in [-0.2, -0.15) is 0 Å². The van der Waals surface area contributed by atoms with E-state index in [1.54, 1.807) is 6.92 Å². The molecule has 0 aliphatic heterocycles. The van der Waals surface area contributed by atoms with E-state index in [0.29, 0.717) is 6.42 Å². The number of ether oxygens (including phenoxy) is 2. The van der Waals surface area contributed by atoms with E-state index >= 15 is 0 Å². The third-order valence-electron chi connectivity index (χ3n) is 7.77. The first-order chi connectivity index (χ1) is 25.1. The number of carbonyl (C=O) groups is 2. The van der Waals surface area contributed by atoms with E-state index in [-0.39, 0.29) is 6.42 Å². The van der Waals surface area contributed by atoms with Gasteiger partial charge in [0.2, 0.25) is 0 Å². The zero-order valence-corrected chi connectivity index (χ0v) is 31.8. The van der Waals surface area contributed by atoms with E-state index in [1.807, 2.05) is 0 Å². The van der Waals surface area contributed by atoms with Crippen molar-refractivity contribution in [2.45, 2.75) is 146 Å². The summed E-state index contributed by atoms with van der Waals surface area (Å²) in [5.41, 5.74) is 0. The van der Waals surface area contributed by atoms with Crippen LogP contribution in [0.25, 0.3) is 0 Å². The van der Waals surface area contributed by atoms with E-state index in [0.717, 1.165) is 32.1 Å². The van der Waals surface area contributed by atoms with Crippen molar-refractivity contribution >= 4 is 27.6 Å². The number of phosphoric acid groups is 2. The van der Waals surface area contributed by atoms with Gasteiger partial charge in [-0.1, -0.05) is 89.9 Å². The van der Waals surface area contributed by atoms with Crippen molar-refractivity contribution in [1.29, 1.82) is 0 Å². The maximum Gasteiger partial charge on any atom is 0.472 e. The number of carbonyl (C=O) groups excluding carboxylic acids is 2. The molecule has 1 saturated carbocycles. The van der Waals surface area contributed by atoms with E-state index in [4.69, 9.17) is 28.3 Å². The number of esters is 2. The third kappa shape index (κ3) is 22.3. The second-order valence-corrected chi connectivity index (χ2v) is 14.8. The molecule has 7 N–H and O–H groups in total. The van der Waals surface area contributed by atoms with Crippen molar-refractivity contribution in [2.75, 3.05) is 13.2 Å². The van der Waals surface area contributed by atoms with E-state index in [1.165, 1.54) is 44.9 Å². The van der Waals surface area contributed by atoms with E-state index in [9.17, 15) is 44.0 Å². The van der Waals surface area contributed by atoms with Crippen LogP contribution in [0.1, 0.15) is 104 Å². The predicted molar refractivity (Wildman–Crippen MR) is 190 cm³/mol. The van der Waals surface area contributed by atoms with Gasteiger partial charge in [0.15, 0.2) is 6.10 Å². The molecule has 1 aliphatic rings. The molecule has 0 spiro atoms. The first-order valence-corrected chi connectivity index (χ1v) is 20.5. The van der Waals surface area contributed by atoms with Gasteiger partial charge in [0.1, 0.15) is 43.2 Å². The first kappa shape index (κ1) is 48.3. The van der Waals surface area contributed by atoms with Crippen LogP contribution >= 0.6 is 15.6 Å². The Hall–Kier alpha value is -2.76. The zero-order valence-electron chi connectivity index (χ0n) is 30.1. The van der Waals surface area contributed by atoms with Crippen LogP contribution in [-0.4, -0.2) is 103 Å². The summed E-state index contributed by atoms with van der Waals surface area (Å²) < 4.78 is 48.3. The minimum atomic E-state index is -5.38. The molecule has 1 rings (SSSR count). The van der Waals surface area contributed by atoms with E-state index in [2.05, 4.69) is 58.8 Å². The van der Waals surface area contributed by atoms with Crippen molar-refractivity contribution in [3.05, 3.63) is 0 Å². The smallest absolute Gasteiger partial charge is 0.456 e. The highest BCUT2D eigenvalue weighted by Gasteiger charge is 2.54. The van der Waals surface area contributed by atoms with Gasteiger partial charge in [-0.3, -0.25) is 18.4 Å². The largest absolute Gasteiger partial charge is 0.472 e. The van der Waals surface area contributed by atoms with Crippen molar-refractivity contribution in [1.82, 2.24) is 0 Å². The molecule has 0 radical (unpaired) electrons. The van der Waals surface area contributed by atoms with Crippen LogP contribution in [0, 0.1) is 47.4 Å². The highest BCUT2D eigenvalue weighted by atomic mass is 31.2. The molecule has 8 atom stereocenters. The van der Waals surface area contributed by atoms with Crippen molar-refractivity contribution < 1.29 is 76.9 Å². The molecule has 0 bridgehead atoms. The number of hydrogen-bond acceptors (Lipinski definition) is 13. The molecular weight excluding hydrogens is 738 g/mol. The Labute approximate surface area is 311 Å². The third-order valence-corrected chi connectivity index (χ3v) is 9.27. The topological polar surface area (TPSA) is 256 Å². The van der Waals surface area contributed by atoms with Crippen molar-refractivity contribution in [3.8, 4) is 47.4 Å². The lowest BCUT2D eigenvalue weighted by atomic mass is 9.85. The Morgan fingerprint density at radius 2 is 1.13 bits per heavy atom. The second-order valence-electron chi connectivity index (χ2n) is 12.2. The Morgan fingerprint density at radius 3 is 1.66 bits per heavy atom. The fraction of sp³-hybridized carbons (Fsp3) is 0.714. The maximum absolute atomic E-state index is 12.8. The molecular formula is C35H52O16P2. The van der Waals surface area contributed by atoms with Crippen LogP contribution in [0.5, 0.6) is 0 Å². The van der Waals surface area contributed by atoms with Gasteiger partial charge >= 0.3 is 27.6 Å². The Kier molecular flexibility index (Phi) is 24.5. The Morgan fingerprint density at radius 1 is 0.642 bits per heavy atom. The van der Waals surface area contributed by atoms with E-state index < -0.39 is 83.5 Å². The van der Waals surface area contributed by atoms with Gasteiger partial charge in [0, 0.05) is 12.3 Å². The van der Waals surface area contributed by atoms with Gasteiger partial charge in [-0.15, -0.1) is 0 Å². The SMILES string of the molecule is CC#CC#CC#CC#CC(=O)OC[C@H](COP(=O)(O)OC1C(O)[C@H](OP(=O)(O)O)[C@H](O)C(O)[C@@H]1O)OC(=O)CCCCCCCCCCCCCCC. The number of unbranched alkanes of at least 4 members (excludes halogenated alkanes) is 12. The average Bonchev–Trinajstić information content (AvgIpc) is 3.10. The number of aliphatic hydroxyl groups excluding tert-OH is 4. The lowest BCUT2D eigenvalue weighted by Crippen LogP contribution is -2.64. The van der Waals surface area contributed by atoms with Crippen molar-refractivity contribution in [2.24, 2.45) is 0 Å². The monoisotopic (exact) mass is 790 g/mol. The molecule has 1 aliphatic carbocycles. The second kappa shape index (κ2) is 26.9. The minimum Gasteiger partial charge on any atom is -0.456 e. The molecule has 18 heteroatoms. The summed E-state index contributed by atoms with van der Waals surface area (Å²) >= 11 is 0. The summed E-state index contributed by atoms with van der Waals surface area (Å²) in [7, 11) is -10.7. The van der Waals surface area contributed by atoms with Crippen LogP contribution < -0.4 is 0 Å². The van der Waals surface area contributed by atoms with Crippen LogP contribution in [0.4, 0.5) is 0 Å². The molecule has 0 aromatic rings. The van der Waals surface area contributed by atoms with Gasteiger partial charge in [-0.25, -0.2) is 13.9 Å². The molecule has 4 unspecified atom stereocenters. The Balaban J connectivity index is 2.78. The lowest BCUT2D eigenvalue weighted by molar-refractivity contribution is -0.216. The molecule has 298 valence electrons. The summed E-state index contributed by atoms with van der Waals surface area (Å²) in [5, 5.41) is 40.8. The van der Waals surface area contributed by atoms with Gasteiger partial charge in [0.05, 0.1) is 6.61 Å². The average molecular weight is 791 g/mol. The fourth-order valence-electron chi connectivity index (χ4n) is 5.07. The molecule has 53 heavy (non-hydrogen) atoms. The summed E-state index contributed by atoms with van der Waals surface area (Å²) in [6.45, 7) is 2.15. The molecule has 0 heterocycles. The lowest BCUT2D eigenvalue weighted by Gasteiger charge is -2.43. The maximum atomic E-state index is 12.8. The summed E-state index contributed by atoms with van der Waals surface area (Å²) in [5.74, 6) is 16.9. The number of aliphatic hydroxyl groups is 4. The molecule has 1 fully saturated rings. The highest BCUT2D eigenvalue weighted by Crippen LogP contribution is 2.49. The number of hydrogen-bond donors (Lipinski definition) is 7. The minimum absolute atomic E-state index is 0.0179. The molecule has 0 amide bonds. The summed E-state index contributed by atoms with van der Waals surface area (Å²) in [6.07, 6.45) is -0.866. The quantitative estimate of drug-likeness (QED) is 0.0244. The summed E-state index contributed by atoms with van der Waals surface area (Å²) in [4.78, 5) is 53.2. The summed E-state index contributed by atoms with van der Waals surface area (Å²) in [6, 6.07) is 0. The van der Waals surface area contributed by atoms with Crippen LogP contribution in [-0.2, 0) is 41.8 Å². The predicted octanol–water partition coefficient (Wildman–Crippen LogP) is 2.39. The van der Waals surface area contributed by atoms with Gasteiger partial charge in [-0.05, 0) is 48.9 Å². The molecule has 0 saturated heterocycles. The molecule has 0 aromatic heterocycles. The molecule has 0 aromatic carbocycles. The highest BCUT2D eigenvalue weighted by molar-refractivity contribution is 7.47. The van der Waals surface area contributed by atoms with Gasteiger partial charge in [0.25, 0.3) is 0 Å². The van der Waals surface area contributed by atoms with Crippen LogP contribution in [0.2, 0.25) is 0 Å². The molecule has 16 nitrogen and oxygen atoms in total. The van der Waals surface area contributed by atoms with Crippen LogP contribution in [0.3, 0.4) is 0 Å². The number of rotatable bonds is 24.